The summed E-state index contributed by atoms with van der Waals surface area (Å²) < 4.78 is 62.9. The van der Waals surface area contributed by atoms with Crippen LogP contribution in [-0.2, 0) is 16.6 Å². The minimum absolute atomic E-state index is 0.0468. The van der Waals surface area contributed by atoms with Gasteiger partial charge in [-0.15, -0.1) is 0 Å². The van der Waals surface area contributed by atoms with Gasteiger partial charge in [0.15, 0.2) is 0 Å². The van der Waals surface area contributed by atoms with Crippen LogP contribution in [0, 0.1) is 6.92 Å². The summed E-state index contributed by atoms with van der Waals surface area (Å²) in [5, 5.41) is 0. The fourth-order valence-corrected chi connectivity index (χ4v) is 3.32. The van der Waals surface area contributed by atoms with E-state index in [1.54, 1.807) is 19.1 Å². The summed E-state index contributed by atoms with van der Waals surface area (Å²) >= 11 is 0. The molecule has 0 aliphatic carbocycles. The Balaban J connectivity index is 2.99. The van der Waals surface area contributed by atoms with Crippen molar-refractivity contribution in [2.75, 3.05) is 0 Å². The van der Waals surface area contributed by atoms with E-state index in [4.69, 9.17) is 5.73 Å². The molecule has 0 bridgehead atoms. The Morgan fingerprint density at radius 3 is 2.45 bits per heavy atom. The zero-order chi connectivity index (χ0) is 15.6. The highest BCUT2D eigenvalue weighted by Crippen LogP contribution is 2.23. The average Bonchev–Trinajstić information content (AvgIpc) is 2.25. The van der Waals surface area contributed by atoms with E-state index in [0.29, 0.717) is 11.1 Å². The van der Waals surface area contributed by atoms with Crippen molar-refractivity contribution >= 4 is 10.0 Å². The van der Waals surface area contributed by atoms with Gasteiger partial charge in [0.2, 0.25) is 10.0 Å². The number of nitrogens with two attached hydrogens (primary N) is 1. The van der Waals surface area contributed by atoms with Crippen molar-refractivity contribution in [3.8, 4) is 0 Å². The van der Waals surface area contributed by atoms with Gasteiger partial charge in [0, 0.05) is 12.6 Å². The van der Waals surface area contributed by atoms with E-state index < -0.39 is 28.7 Å². The molecule has 1 aromatic rings. The van der Waals surface area contributed by atoms with Crippen LogP contribution in [0.2, 0.25) is 0 Å². The topological polar surface area (TPSA) is 72.2 Å². The van der Waals surface area contributed by atoms with Crippen LogP contribution in [0.4, 0.5) is 13.2 Å². The number of benzene rings is 1. The van der Waals surface area contributed by atoms with E-state index in [9.17, 15) is 21.6 Å². The quantitative estimate of drug-likeness (QED) is 0.874. The first-order valence-corrected chi connectivity index (χ1v) is 7.42. The first-order valence-electron chi connectivity index (χ1n) is 5.94. The van der Waals surface area contributed by atoms with Crippen molar-refractivity contribution < 1.29 is 21.6 Å². The number of aryl methyl sites for hydroxylation is 1. The maximum Gasteiger partial charge on any atom is 0.390 e. The van der Waals surface area contributed by atoms with Crippen LogP contribution < -0.4 is 10.5 Å². The number of rotatable bonds is 5. The van der Waals surface area contributed by atoms with Crippen molar-refractivity contribution in [2.24, 2.45) is 5.73 Å². The minimum atomic E-state index is -4.42. The highest BCUT2D eigenvalue weighted by Gasteiger charge is 2.32. The minimum Gasteiger partial charge on any atom is -0.326 e. The van der Waals surface area contributed by atoms with Crippen LogP contribution >= 0.6 is 0 Å². The Labute approximate surface area is 116 Å². The Bertz CT molecular complexity index is 571. The molecule has 1 rings (SSSR count). The molecule has 0 fully saturated rings. The molecule has 8 heteroatoms. The summed E-state index contributed by atoms with van der Waals surface area (Å²) in [5.74, 6) is 0. The van der Waals surface area contributed by atoms with E-state index in [-0.39, 0.29) is 11.4 Å². The third kappa shape index (κ3) is 4.77. The smallest absolute Gasteiger partial charge is 0.326 e. The molecule has 0 heterocycles. The molecule has 0 saturated carbocycles. The van der Waals surface area contributed by atoms with Gasteiger partial charge in [-0.25, -0.2) is 13.1 Å². The molecule has 0 spiro atoms. The second-order valence-electron chi connectivity index (χ2n) is 4.65. The third-order valence-corrected chi connectivity index (χ3v) is 4.40. The van der Waals surface area contributed by atoms with Crippen molar-refractivity contribution in [1.82, 2.24) is 4.72 Å². The van der Waals surface area contributed by atoms with Gasteiger partial charge in [-0.05, 0) is 31.0 Å². The number of halogens is 3. The maximum atomic E-state index is 12.2. The molecular formula is C12H17F3N2O2S. The molecule has 20 heavy (non-hydrogen) atoms. The second-order valence-corrected chi connectivity index (χ2v) is 6.33. The van der Waals surface area contributed by atoms with Gasteiger partial charge < -0.3 is 5.73 Å². The molecule has 0 aliphatic rings. The van der Waals surface area contributed by atoms with Gasteiger partial charge in [-0.2, -0.15) is 13.2 Å². The van der Waals surface area contributed by atoms with Crippen molar-refractivity contribution in [2.45, 2.75) is 43.9 Å². The zero-order valence-electron chi connectivity index (χ0n) is 11.2. The summed E-state index contributed by atoms with van der Waals surface area (Å²) in [7, 11) is -4.00. The van der Waals surface area contributed by atoms with Crippen LogP contribution in [0.1, 0.15) is 24.5 Å². The molecule has 4 nitrogen and oxygen atoms in total. The molecule has 0 aromatic heterocycles. The number of hydrogen-bond donors (Lipinski definition) is 2. The summed E-state index contributed by atoms with van der Waals surface area (Å²) in [5.41, 5.74) is 6.48. The van der Waals surface area contributed by atoms with Crippen molar-refractivity contribution in [3.05, 3.63) is 29.3 Å². The Morgan fingerprint density at radius 2 is 1.95 bits per heavy atom. The molecule has 114 valence electrons. The molecule has 1 aromatic carbocycles. The molecule has 0 radical (unpaired) electrons. The lowest BCUT2D eigenvalue weighted by atomic mass is 10.1. The van der Waals surface area contributed by atoms with Gasteiger partial charge in [0.25, 0.3) is 0 Å². The normalized spacial score (nSPS) is 14.3. The SMILES string of the molecule is Cc1ccc(CN)cc1S(=O)(=O)NC(C)CC(F)(F)F. The highest BCUT2D eigenvalue weighted by molar-refractivity contribution is 7.89. The molecule has 0 aliphatic heterocycles. The van der Waals surface area contributed by atoms with Crippen LogP contribution in [0.3, 0.4) is 0 Å². The van der Waals surface area contributed by atoms with Crippen molar-refractivity contribution in [1.29, 1.82) is 0 Å². The zero-order valence-corrected chi connectivity index (χ0v) is 12.0. The number of alkyl halides is 3. The van der Waals surface area contributed by atoms with E-state index in [1.807, 2.05) is 4.72 Å². The van der Waals surface area contributed by atoms with Gasteiger partial charge in [0.05, 0.1) is 11.3 Å². The Hall–Kier alpha value is -1.12. The summed E-state index contributed by atoms with van der Waals surface area (Å²) in [6.45, 7) is 2.90. The summed E-state index contributed by atoms with van der Waals surface area (Å²) in [6.07, 6.45) is -5.64. The lowest BCUT2D eigenvalue weighted by Crippen LogP contribution is -2.36. The number of sulfonamides is 1. The van der Waals surface area contributed by atoms with Crippen molar-refractivity contribution in [3.63, 3.8) is 0 Å². The van der Waals surface area contributed by atoms with E-state index >= 15 is 0 Å². The Kier molecular flexibility index (Phi) is 5.17. The van der Waals surface area contributed by atoms with Gasteiger partial charge in [-0.1, -0.05) is 12.1 Å². The first-order chi connectivity index (χ1) is 9.05. The van der Waals surface area contributed by atoms with E-state index in [1.165, 1.54) is 13.0 Å². The predicted molar refractivity (Wildman–Crippen MR) is 69.5 cm³/mol. The van der Waals surface area contributed by atoms with E-state index in [0.717, 1.165) is 0 Å². The lowest BCUT2D eigenvalue weighted by molar-refractivity contribution is -0.137. The van der Waals surface area contributed by atoms with Gasteiger partial charge in [0.1, 0.15) is 0 Å². The van der Waals surface area contributed by atoms with Crippen LogP contribution in [0.15, 0.2) is 23.1 Å². The largest absolute Gasteiger partial charge is 0.390 e. The molecule has 1 unspecified atom stereocenters. The lowest BCUT2D eigenvalue weighted by Gasteiger charge is -2.17. The molecule has 1 atom stereocenters. The summed E-state index contributed by atoms with van der Waals surface area (Å²) in [4.78, 5) is -0.0468. The maximum absolute atomic E-state index is 12.2. The predicted octanol–water partition coefficient (Wildman–Crippen LogP) is 2.07. The monoisotopic (exact) mass is 310 g/mol. The van der Waals surface area contributed by atoms with Crippen LogP contribution in [0.5, 0.6) is 0 Å². The highest BCUT2D eigenvalue weighted by atomic mass is 32.2. The molecule has 0 saturated heterocycles. The molecular weight excluding hydrogens is 293 g/mol. The molecule has 3 N–H and O–H groups in total. The standard InChI is InChI=1S/C12H17F3N2O2S/c1-8-3-4-10(7-16)5-11(8)20(18,19)17-9(2)6-12(13,14)15/h3-5,9,17H,6-7,16H2,1-2H3. The number of hydrogen-bond acceptors (Lipinski definition) is 3. The molecule has 0 amide bonds. The second kappa shape index (κ2) is 6.11. The third-order valence-electron chi connectivity index (χ3n) is 2.67. The fourth-order valence-electron chi connectivity index (χ4n) is 1.78. The van der Waals surface area contributed by atoms with Gasteiger partial charge in [-0.3, -0.25) is 0 Å². The fraction of sp³-hybridized carbons (Fsp3) is 0.500. The first kappa shape index (κ1) is 16.9. The average molecular weight is 310 g/mol. The van der Waals surface area contributed by atoms with Crippen LogP contribution in [-0.4, -0.2) is 20.6 Å². The summed E-state index contributed by atoms with van der Waals surface area (Å²) in [6, 6.07) is 3.39. The van der Waals surface area contributed by atoms with Crippen LogP contribution in [0.25, 0.3) is 0 Å². The van der Waals surface area contributed by atoms with Gasteiger partial charge >= 0.3 is 6.18 Å². The number of nitrogens with one attached hydrogen (secondary N) is 1. The van der Waals surface area contributed by atoms with E-state index in [2.05, 4.69) is 0 Å². The Morgan fingerprint density at radius 1 is 1.35 bits per heavy atom.